The number of imidazole rings is 1. The molecule has 3 N–H and O–H groups in total. The smallest absolute Gasteiger partial charge is 0.329 e. The first-order chi connectivity index (χ1) is 15.0. The molecule has 0 unspecified atom stereocenters. The van der Waals surface area contributed by atoms with E-state index in [2.05, 4.69) is 25.3 Å². The highest BCUT2D eigenvalue weighted by Crippen LogP contribution is 2.22. The maximum atomic E-state index is 12.4. The number of fused-ring (bicyclic) bond motifs is 1. The second-order valence-electron chi connectivity index (χ2n) is 6.91. The number of aryl methyl sites for hydroxylation is 2. The Morgan fingerprint density at radius 1 is 1.16 bits per heavy atom. The third kappa shape index (κ3) is 4.92. The second kappa shape index (κ2) is 9.00. The average molecular weight is 436 g/mol. The largest absolute Gasteiger partial charge is 0.336 e. The van der Waals surface area contributed by atoms with Gasteiger partial charge in [0.2, 0.25) is 5.91 Å². The molecular weight excluding hydrogens is 416 g/mol. The lowest BCUT2D eigenvalue weighted by Gasteiger charge is -2.07. The molecule has 9 nitrogen and oxygen atoms in total. The van der Waals surface area contributed by atoms with Crippen molar-refractivity contribution < 1.29 is 4.79 Å². The van der Waals surface area contributed by atoms with Gasteiger partial charge < -0.3 is 10.3 Å². The van der Waals surface area contributed by atoms with E-state index in [0.29, 0.717) is 17.9 Å². The van der Waals surface area contributed by atoms with E-state index < -0.39 is 11.2 Å². The van der Waals surface area contributed by atoms with E-state index in [1.54, 1.807) is 18.0 Å². The van der Waals surface area contributed by atoms with Gasteiger partial charge in [-0.25, -0.2) is 14.8 Å². The molecule has 31 heavy (non-hydrogen) atoms. The first-order valence-corrected chi connectivity index (χ1v) is 10.6. The average Bonchev–Trinajstić information content (AvgIpc) is 3.21. The van der Waals surface area contributed by atoms with Crippen LogP contribution in [0.3, 0.4) is 0 Å². The van der Waals surface area contributed by atoms with Crippen LogP contribution in [-0.2, 0) is 24.0 Å². The fourth-order valence-electron chi connectivity index (χ4n) is 3.05. The molecule has 0 aliphatic carbocycles. The van der Waals surface area contributed by atoms with Gasteiger partial charge in [0.15, 0.2) is 5.65 Å². The van der Waals surface area contributed by atoms with Crippen LogP contribution in [0.2, 0.25) is 0 Å². The molecule has 1 aromatic carbocycles. The third-order valence-electron chi connectivity index (χ3n) is 4.63. The Labute approximate surface area is 181 Å². The standard InChI is InChI=1S/C21H20N6O3S/c1-27-19-18(20(29)26-21(27)30)24-15(25-19)8-9-16(28)23-14-6-4-5-13(11-14)12-31-17-7-2-3-10-22-17/h2-7,10-11H,8-9,12H2,1H3,(H,23,28)(H,24,25)(H,26,29,30). The number of carbonyl (C=O) groups is 1. The Balaban J connectivity index is 1.36. The van der Waals surface area contributed by atoms with Crippen molar-refractivity contribution in [3.05, 3.63) is 80.9 Å². The molecule has 1 amide bonds. The van der Waals surface area contributed by atoms with E-state index in [0.717, 1.165) is 16.3 Å². The summed E-state index contributed by atoms with van der Waals surface area (Å²) in [5, 5.41) is 3.83. The highest BCUT2D eigenvalue weighted by atomic mass is 32.2. The van der Waals surface area contributed by atoms with Gasteiger partial charge in [-0.15, -0.1) is 11.8 Å². The molecular formula is C21H20N6O3S. The summed E-state index contributed by atoms with van der Waals surface area (Å²) in [5.74, 6) is 1.04. The number of nitrogens with one attached hydrogen (secondary N) is 3. The van der Waals surface area contributed by atoms with Crippen LogP contribution in [0.5, 0.6) is 0 Å². The number of thioether (sulfide) groups is 1. The van der Waals surface area contributed by atoms with Crippen LogP contribution in [-0.4, -0.2) is 30.4 Å². The zero-order valence-corrected chi connectivity index (χ0v) is 17.5. The van der Waals surface area contributed by atoms with Gasteiger partial charge in [0.1, 0.15) is 11.3 Å². The topological polar surface area (TPSA) is 126 Å². The normalized spacial score (nSPS) is 11.0. The minimum atomic E-state index is -0.533. The van der Waals surface area contributed by atoms with E-state index in [-0.39, 0.29) is 23.5 Å². The van der Waals surface area contributed by atoms with Crippen LogP contribution in [0.4, 0.5) is 5.69 Å². The number of amides is 1. The number of benzene rings is 1. The molecule has 0 aliphatic rings. The van der Waals surface area contributed by atoms with Crippen LogP contribution < -0.4 is 16.6 Å². The lowest BCUT2D eigenvalue weighted by molar-refractivity contribution is -0.116. The molecule has 0 aliphatic heterocycles. The molecule has 4 aromatic rings. The summed E-state index contributed by atoms with van der Waals surface area (Å²) >= 11 is 1.63. The van der Waals surface area contributed by atoms with Crippen molar-refractivity contribution in [2.75, 3.05) is 5.32 Å². The van der Waals surface area contributed by atoms with E-state index in [9.17, 15) is 14.4 Å². The highest BCUT2D eigenvalue weighted by molar-refractivity contribution is 7.98. The van der Waals surface area contributed by atoms with Gasteiger partial charge in [-0.1, -0.05) is 18.2 Å². The molecule has 0 atom stereocenters. The van der Waals surface area contributed by atoms with Crippen LogP contribution in [0.15, 0.2) is 63.3 Å². The van der Waals surface area contributed by atoms with Gasteiger partial charge in [-0.3, -0.25) is 19.1 Å². The van der Waals surface area contributed by atoms with Crippen LogP contribution >= 0.6 is 11.8 Å². The highest BCUT2D eigenvalue weighted by Gasteiger charge is 2.12. The van der Waals surface area contributed by atoms with E-state index in [1.807, 2.05) is 42.5 Å². The van der Waals surface area contributed by atoms with Gasteiger partial charge in [0.05, 0.1) is 5.03 Å². The number of H-pyrrole nitrogens is 2. The predicted molar refractivity (Wildman–Crippen MR) is 119 cm³/mol. The number of anilines is 1. The number of rotatable bonds is 7. The van der Waals surface area contributed by atoms with E-state index in [1.165, 1.54) is 11.6 Å². The summed E-state index contributed by atoms with van der Waals surface area (Å²) in [4.78, 5) is 49.6. The number of hydrogen-bond acceptors (Lipinski definition) is 6. The minimum absolute atomic E-state index is 0.169. The molecule has 3 aromatic heterocycles. The predicted octanol–water partition coefficient (Wildman–Crippen LogP) is 2.21. The molecule has 3 heterocycles. The second-order valence-corrected chi connectivity index (χ2v) is 7.90. The lowest BCUT2D eigenvalue weighted by Crippen LogP contribution is -2.28. The molecule has 0 spiro atoms. The van der Waals surface area contributed by atoms with Crippen molar-refractivity contribution in [3.63, 3.8) is 0 Å². The Kier molecular flexibility index (Phi) is 5.99. The molecule has 0 saturated heterocycles. The molecule has 10 heteroatoms. The quantitative estimate of drug-likeness (QED) is 0.382. The Hall–Kier alpha value is -3.66. The van der Waals surface area contributed by atoms with Gasteiger partial charge in [-0.05, 0) is 29.8 Å². The molecule has 4 rings (SSSR count). The van der Waals surface area contributed by atoms with Crippen molar-refractivity contribution in [2.45, 2.75) is 23.6 Å². The summed E-state index contributed by atoms with van der Waals surface area (Å²) < 4.78 is 1.26. The maximum absolute atomic E-state index is 12.4. The summed E-state index contributed by atoms with van der Waals surface area (Å²) in [6.45, 7) is 0. The Bertz CT molecular complexity index is 1340. The van der Waals surface area contributed by atoms with E-state index >= 15 is 0 Å². The number of nitrogens with zero attached hydrogens (tertiary/aromatic N) is 3. The van der Waals surface area contributed by atoms with Crippen LogP contribution in [0.1, 0.15) is 17.8 Å². The fourth-order valence-corrected chi connectivity index (χ4v) is 3.86. The van der Waals surface area contributed by atoms with Crippen molar-refractivity contribution in [2.24, 2.45) is 7.05 Å². The maximum Gasteiger partial charge on any atom is 0.329 e. The number of carbonyl (C=O) groups excluding carboxylic acids is 1. The van der Waals surface area contributed by atoms with Crippen LogP contribution in [0.25, 0.3) is 11.2 Å². The number of aromatic nitrogens is 5. The van der Waals surface area contributed by atoms with Gasteiger partial charge in [0, 0.05) is 37.5 Å². The van der Waals surface area contributed by atoms with Crippen molar-refractivity contribution in [3.8, 4) is 0 Å². The molecule has 0 fully saturated rings. The molecule has 0 saturated carbocycles. The third-order valence-corrected chi connectivity index (χ3v) is 5.64. The number of pyridine rings is 1. The lowest BCUT2D eigenvalue weighted by atomic mass is 10.2. The SMILES string of the molecule is Cn1c(=O)[nH]c(=O)c2[nH]c(CCC(=O)Nc3cccc(CSc4ccccn4)c3)nc21. The summed E-state index contributed by atoms with van der Waals surface area (Å²) in [7, 11) is 1.52. The number of hydrogen-bond donors (Lipinski definition) is 3. The zero-order valence-electron chi connectivity index (χ0n) is 16.7. The van der Waals surface area contributed by atoms with Gasteiger partial charge in [-0.2, -0.15) is 0 Å². The Morgan fingerprint density at radius 2 is 2.03 bits per heavy atom. The first-order valence-electron chi connectivity index (χ1n) is 9.60. The summed E-state index contributed by atoms with van der Waals surface area (Å²) in [6, 6.07) is 13.5. The van der Waals surface area contributed by atoms with E-state index in [4.69, 9.17) is 0 Å². The van der Waals surface area contributed by atoms with Crippen molar-refractivity contribution in [1.29, 1.82) is 0 Å². The monoisotopic (exact) mass is 436 g/mol. The molecule has 0 bridgehead atoms. The van der Waals surface area contributed by atoms with Gasteiger partial charge in [0.25, 0.3) is 5.56 Å². The molecule has 0 radical (unpaired) electrons. The fraction of sp³-hybridized carbons (Fsp3) is 0.190. The first kappa shape index (κ1) is 20.6. The van der Waals surface area contributed by atoms with Crippen molar-refractivity contribution in [1.82, 2.24) is 24.5 Å². The summed E-state index contributed by atoms with van der Waals surface area (Å²) in [6.07, 6.45) is 2.25. The van der Waals surface area contributed by atoms with Gasteiger partial charge >= 0.3 is 5.69 Å². The summed E-state index contributed by atoms with van der Waals surface area (Å²) in [5.41, 5.74) is 1.22. The molecule has 158 valence electrons. The van der Waals surface area contributed by atoms with Crippen molar-refractivity contribution >= 4 is 34.5 Å². The van der Waals surface area contributed by atoms with Crippen LogP contribution in [0, 0.1) is 0 Å². The zero-order chi connectivity index (χ0) is 21.8. The minimum Gasteiger partial charge on any atom is -0.336 e. The Morgan fingerprint density at radius 3 is 2.84 bits per heavy atom. The number of aromatic amines is 2.